The lowest BCUT2D eigenvalue weighted by atomic mass is 10.1. The van der Waals surface area contributed by atoms with E-state index in [9.17, 15) is 9.59 Å². The maximum absolute atomic E-state index is 11.3. The average Bonchev–Trinajstić information content (AvgIpc) is 2.15. The lowest BCUT2D eigenvalue weighted by Gasteiger charge is -2.16. The van der Waals surface area contributed by atoms with Gasteiger partial charge in [0.15, 0.2) is 0 Å². The molecule has 1 N–H and O–H groups in total. The molecule has 0 fully saturated rings. The van der Waals surface area contributed by atoms with Crippen LogP contribution in [0.25, 0.3) is 0 Å². The monoisotopic (exact) mass is 213 g/mol. The van der Waals surface area contributed by atoms with E-state index in [1.807, 2.05) is 0 Å². The van der Waals surface area contributed by atoms with Crippen LogP contribution < -0.4 is 5.32 Å². The van der Waals surface area contributed by atoms with Gasteiger partial charge in [-0.15, -0.1) is 0 Å². The number of carbonyl (C=O) groups is 2. The van der Waals surface area contributed by atoms with Gasteiger partial charge in [0.25, 0.3) is 0 Å². The van der Waals surface area contributed by atoms with Crippen LogP contribution in [0.4, 0.5) is 0 Å². The highest BCUT2D eigenvalue weighted by atomic mass is 16.2. The first-order valence-corrected chi connectivity index (χ1v) is 5.88. The van der Waals surface area contributed by atoms with Crippen LogP contribution in [0.15, 0.2) is 0 Å². The van der Waals surface area contributed by atoms with Gasteiger partial charge in [-0.3, -0.25) is 9.59 Å². The van der Waals surface area contributed by atoms with Crippen molar-refractivity contribution < 1.29 is 9.59 Å². The Labute approximate surface area is 92.6 Å². The lowest BCUT2D eigenvalue weighted by molar-refractivity contribution is -0.127. The van der Waals surface area contributed by atoms with Crippen molar-refractivity contribution in [1.82, 2.24) is 5.32 Å². The van der Waals surface area contributed by atoms with E-state index in [0.29, 0.717) is 0 Å². The van der Waals surface area contributed by atoms with Crippen molar-refractivity contribution >= 4 is 11.7 Å². The van der Waals surface area contributed by atoms with Crippen LogP contribution in [0.2, 0.25) is 0 Å². The highest BCUT2D eigenvalue weighted by Gasteiger charge is 2.11. The van der Waals surface area contributed by atoms with Crippen LogP contribution >= 0.6 is 0 Å². The first-order chi connectivity index (χ1) is 7.10. The molecular weight excluding hydrogens is 190 g/mol. The summed E-state index contributed by atoms with van der Waals surface area (Å²) in [6.45, 7) is 5.66. The summed E-state index contributed by atoms with van der Waals surface area (Å²) in [6.07, 6.45) is 5.53. The van der Waals surface area contributed by atoms with Crippen molar-refractivity contribution in [3.8, 4) is 0 Å². The molecular formula is C12H23NO2. The predicted molar refractivity (Wildman–Crippen MR) is 61.7 cm³/mol. The molecule has 1 atom stereocenters. The van der Waals surface area contributed by atoms with Crippen LogP contribution in [0.1, 0.15) is 59.3 Å². The second-order valence-electron chi connectivity index (χ2n) is 4.05. The predicted octanol–water partition coefficient (Wildman–Crippen LogP) is 2.44. The molecule has 3 heteroatoms. The number of ketones is 1. The Bertz CT molecular complexity index is 202. The third-order valence-electron chi connectivity index (χ3n) is 2.42. The molecule has 0 aromatic carbocycles. The summed E-state index contributed by atoms with van der Waals surface area (Å²) in [4.78, 5) is 22.0. The van der Waals surface area contributed by atoms with E-state index in [4.69, 9.17) is 0 Å². The zero-order chi connectivity index (χ0) is 11.7. The Morgan fingerprint density at radius 3 is 2.33 bits per heavy atom. The normalized spacial score (nSPS) is 12.2. The maximum atomic E-state index is 11.3. The van der Waals surface area contributed by atoms with Crippen molar-refractivity contribution in [2.75, 3.05) is 0 Å². The first-order valence-electron chi connectivity index (χ1n) is 5.88. The fraction of sp³-hybridized carbons (Fsp3) is 0.833. The Hall–Kier alpha value is -0.860. The first kappa shape index (κ1) is 14.1. The average molecular weight is 213 g/mol. The number of hydrogen-bond acceptors (Lipinski definition) is 2. The maximum Gasteiger partial charge on any atom is 0.227 e. The Kier molecular flexibility index (Phi) is 7.96. The summed E-state index contributed by atoms with van der Waals surface area (Å²) in [7, 11) is 0. The van der Waals surface area contributed by atoms with E-state index in [-0.39, 0.29) is 24.2 Å². The summed E-state index contributed by atoms with van der Waals surface area (Å²) in [5.74, 6) is -0.207. The van der Waals surface area contributed by atoms with E-state index >= 15 is 0 Å². The molecule has 0 radical (unpaired) electrons. The van der Waals surface area contributed by atoms with Gasteiger partial charge in [0, 0.05) is 6.04 Å². The number of carbonyl (C=O) groups excluding carboxylic acids is 2. The molecule has 0 aliphatic carbocycles. The van der Waals surface area contributed by atoms with Gasteiger partial charge in [-0.05, 0) is 19.8 Å². The number of amides is 1. The molecule has 1 unspecified atom stereocenters. The standard InChI is InChI=1S/C12H23NO2/c1-4-6-7-8-11(5-2)13-12(15)9-10(3)14/h11H,4-9H2,1-3H3,(H,13,15). The van der Waals surface area contributed by atoms with Crippen LogP contribution in [-0.4, -0.2) is 17.7 Å². The van der Waals surface area contributed by atoms with E-state index in [1.54, 1.807) is 0 Å². The molecule has 3 nitrogen and oxygen atoms in total. The third kappa shape index (κ3) is 8.16. The molecule has 0 bridgehead atoms. The summed E-state index contributed by atoms with van der Waals surface area (Å²) >= 11 is 0. The minimum atomic E-state index is -0.133. The molecule has 15 heavy (non-hydrogen) atoms. The van der Waals surface area contributed by atoms with Crippen molar-refractivity contribution in [3.63, 3.8) is 0 Å². The molecule has 88 valence electrons. The minimum absolute atomic E-state index is 0.0181. The van der Waals surface area contributed by atoms with Gasteiger partial charge in [0.2, 0.25) is 5.91 Å². The second-order valence-corrected chi connectivity index (χ2v) is 4.05. The molecule has 0 aliphatic rings. The van der Waals surface area contributed by atoms with E-state index in [1.165, 1.54) is 19.8 Å². The smallest absolute Gasteiger partial charge is 0.227 e. The van der Waals surface area contributed by atoms with Gasteiger partial charge < -0.3 is 5.32 Å². The molecule has 0 aliphatic heterocycles. The van der Waals surface area contributed by atoms with Gasteiger partial charge in [-0.25, -0.2) is 0 Å². The lowest BCUT2D eigenvalue weighted by Crippen LogP contribution is -2.35. The molecule has 0 saturated carbocycles. The van der Waals surface area contributed by atoms with Gasteiger partial charge in [0.05, 0.1) is 6.42 Å². The topological polar surface area (TPSA) is 46.2 Å². The van der Waals surface area contributed by atoms with E-state index < -0.39 is 0 Å². The largest absolute Gasteiger partial charge is 0.353 e. The Morgan fingerprint density at radius 1 is 1.20 bits per heavy atom. The highest BCUT2D eigenvalue weighted by molar-refractivity contribution is 5.96. The zero-order valence-corrected chi connectivity index (χ0v) is 10.1. The molecule has 0 aromatic heterocycles. The van der Waals surface area contributed by atoms with E-state index in [2.05, 4.69) is 19.2 Å². The van der Waals surface area contributed by atoms with Crippen molar-refractivity contribution in [3.05, 3.63) is 0 Å². The van der Waals surface area contributed by atoms with Crippen LogP contribution in [-0.2, 0) is 9.59 Å². The number of unbranched alkanes of at least 4 members (excludes halogenated alkanes) is 2. The number of Topliss-reactive ketones (excluding diaryl/α,β-unsaturated/α-hetero) is 1. The van der Waals surface area contributed by atoms with E-state index in [0.717, 1.165) is 19.3 Å². The number of hydrogen-bond donors (Lipinski definition) is 1. The Morgan fingerprint density at radius 2 is 1.87 bits per heavy atom. The summed E-state index contributed by atoms with van der Waals surface area (Å²) in [5.41, 5.74) is 0. The fourth-order valence-electron chi connectivity index (χ4n) is 1.52. The number of nitrogens with one attached hydrogen (secondary N) is 1. The quantitative estimate of drug-likeness (QED) is 0.497. The van der Waals surface area contributed by atoms with Gasteiger partial charge in [-0.1, -0.05) is 33.1 Å². The Balaban J connectivity index is 3.77. The second kappa shape index (κ2) is 8.45. The SMILES string of the molecule is CCCCCC(CC)NC(=O)CC(C)=O. The molecule has 0 saturated heterocycles. The van der Waals surface area contributed by atoms with Gasteiger partial charge in [0.1, 0.15) is 5.78 Å². The molecule has 0 spiro atoms. The zero-order valence-electron chi connectivity index (χ0n) is 10.1. The molecule has 0 heterocycles. The van der Waals surface area contributed by atoms with Crippen molar-refractivity contribution in [2.45, 2.75) is 65.3 Å². The summed E-state index contributed by atoms with van der Waals surface area (Å²) < 4.78 is 0. The number of rotatable bonds is 8. The highest BCUT2D eigenvalue weighted by Crippen LogP contribution is 2.06. The summed E-state index contributed by atoms with van der Waals surface area (Å²) in [5, 5.41) is 2.90. The van der Waals surface area contributed by atoms with Gasteiger partial charge in [-0.2, -0.15) is 0 Å². The van der Waals surface area contributed by atoms with Crippen molar-refractivity contribution in [2.24, 2.45) is 0 Å². The fourth-order valence-corrected chi connectivity index (χ4v) is 1.52. The van der Waals surface area contributed by atoms with Crippen LogP contribution in [0, 0.1) is 0 Å². The van der Waals surface area contributed by atoms with Crippen LogP contribution in [0.5, 0.6) is 0 Å². The van der Waals surface area contributed by atoms with Crippen molar-refractivity contribution in [1.29, 1.82) is 0 Å². The third-order valence-corrected chi connectivity index (χ3v) is 2.42. The minimum Gasteiger partial charge on any atom is -0.353 e. The van der Waals surface area contributed by atoms with Gasteiger partial charge >= 0.3 is 0 Å². The molecule has 0 rings (SSSR count). The molecule has 1 amide bonds. The van der Waals surface area contributed by atoms with Crippen LogP contribution in [0.3, 0.4) is 0 Å². The molecule has 0 aromatic rings. The summed E-state index contributed by atoms with van der Waals surface area (Å²) in [6, 6.07) is 0.239.